The number of carbonyl (C=O) groups excluding carboxylic acids is 1. The van der Waals surface area contributed by atoms with Crippen LogP contribution in [0.25, 0.3) is 0 Å². The Kier molecular flexibility index (Phi) is 3.43. The van der Waals surface area contributed by atoms with E-state index in [9.17, 15) is 9.90 Å². The highest BCUT2D eigenvalue weighted by Crippen LogP contribution is 2.16. The second-order valence-corrected chi connectivity index (χ2v) is 3.83. The number of benzene rings is 1. The van der Waals surface area contributed by atoms with E-state index < -0.39 is 0 Å². The van der Waals surface area contributed by atoms with Crippen LogP contribution in [0.3, 0.4) is 0 Å². The molecule has 1 heterocycles. The fourth-order valence-corrected chi connectivity index (χ4v) is 1.50. The number of carbonyl (C=O) groups is 1. The molecule has 5 heteroatoms. The number of nitrogens with two attached hydrogens (primary N) is 1. The summed E-state index contributed by atoms with van der Waals surface area (Å²) in [7, 11) is 0. The van der Waals surface area contributed by atoms with Crippen LogP contribution in [-0.4, -0.2) is 16.0 Å². The van der Waals surface area contributed by atoms with Crippen molar-refractivity contribution in [3.63, 3.8) is 0 Å². The van der Waals surface area contributed by atoms with Gasteiger partial charge in [-0.2, -0.15) is 0 Å². The van der Waals surface area contributed by atoms with E-state index in [-0.39, 0.29) is 18.1 Å². The zero-order valence-corrected chi connectivity index (χ0v) is 9.63. The van der Waals surface area contributed by atoms with Crippen LogP contribution in [0.15, 0.2) is 42.6 Å². The molecule has 92 valence electrons. The molecule has 0 bridgehead atoms. The van der Waals surface area contributed by atoms with Gasteiger partial charge in [0.25, 0.3) is 0 Å². The molecule has 0 saturated carbocycles. The number of para-hydroxylation sites is 1. The molecule has 4 N–H and O–H groups in total. The van der Waals surface area contributed by atoms with E-state index in [1.54, 1.807) is 36.4 Å². The van der Waals surface area contributed by atoms with Crippen LogP contribution in [0.4, 0.5) is 11.5 Å². The number of rotatable bonds is 3. The number of hydrogen-bond donors (Lipinski definition) is 3. The molecule has 0 saturated heterocycles. The van der Waals surface area contributed by atoms with Gasteiger partial charge < -0.3 is 16.2 Å². The molecular weight excluding hydrogens is 230 g/mol. The van der Waals surface area contributed by atoms with Gasteiger partial charge in [-0.25, -0.2) is 4.98 Å². The highest BCUT2D eigenvalue weighted by molar-refractivity contribution is 5.91. The molecular formula is C13H13N3O2. The Hall–Kier alpha value is -2.56. The molecule has 2 aromatic rings. The molecule has 2 rings (SSSR count). The van der Waals surface area contributed by atoms with E-state index in [2.05, 4.69) is 10.3 Å². The normalized spacial score (nSPS) is 10.0. The average molecular weight is 243 g/mol. The molecule has 0 fully saturated rings. The van der Waals surface area contributed by atoms with E-state index in [4.69, 9.17) is 5.73 Å². The van der Waals surface area contributed by atoms with Crippen LogP contribution >= 0.6 is 0 Å². The highest BCUT2D eigenvalue weighted by Gasteiger charge is 2.07. The maximum atomic E-state index is 11.7. The third kappa shape index (κ3) is 2.98. The predicted octanol–water partition coefficient (Wildman–Crippen LogP) is 1.55. The van der Waals surface area contributed by atoms with Crippen LogP contribution in [-0.2, 0) is 11.2 Å². The topological polar surface area (TPSA) is 88.2 Å². The number of nitrogen functional groups attached to an aromatic ring is 1. The van der Waals surface area contributed by atoms with E-state index in [0.29, 0.717) is 17.1 Å². The zero-order chi connectivity index (χ0) is 13.0. The molecule has 1 aromatic heterocycles. The van der Waals surface area contributed by atoms with Gasteiger partial charge >= 0.3 is 0 Å². The number of anilines is 2. The van der Waals surface area contributed by atoms with Gasteiger partial charge in [0.05, 0.1) is 18.3 Å². The van der Waals surface area contributed by atoms with Crippen LogP contribution in [0.1, 0.15) is 5.56 Å². The zero-order valence-electron chi connectivity index (χ0n) is 9.63. The van der Waals surface area contributed by atoms with Gasteiger partial charge in [-0.3, -0.25) is 4.79 Å². The minimum atomic E-state index is -0.242. The number of aromatic nitrogens is 1. The number of amides is 1. The van der Waals surface area contributed by atoms with Crippen molar-refractivity contribution in [1.82, 2.24) is 4.98 Å². The van der Waals surface area contributed by atoms with Crippen molar-refractivity contribution in [1.29, 1.82) is 0 Å². The summed E-state index contributed by atoms with van der Waals surface area (Å²) in [4.78, 5) is 15.7. The van der Waals surface area contributed by atoms with Gasteiger partial charge in [0, 0.05) is 5.56 Å². The standard InChI is InChI=1S/C13H13N3O2/c14-10-5-6-12(15-8-10)16-13(18)7-9-3-1-2-4-11(9)17/h1-6,8,17H,7,14H2,(H,15,16,18). The highest BCUT2D eigenvalue weighted by atomic mass is 16.3. The second-order valence-electron chi connectivity index (χ2n) is 3.83. The first-order valence-electron chi connectivity index (χ1n) is 5.43. The fourth-order valence-electron chi connectivity index (χ4n) is 1.50. The number of phenols is 1. The number of phenolic OH excluding ortho intramolecular Hbond substituents is 1. The quantitative estimate of drug-likeness (QED) is 0.763. The molecule has 0 aliphatic carbocycles. The molecule has 0 unspecified atom stereocenters. The summed E-state index contributed by atoms with van der Waals surface area (Å²) < 4.78 is 0. The SMILES string of the molecule is Nc1ccc(NC(=O)Cc2ccccc2O)nc1. The van der Waals surface area contributed by atoms with Crippen molar-refractivity contribution in [3.8, 4) is 5.75 Å². The Balaban J connectivity index is 2.01. The van der Waals surface area contributed by atoms with E-state index in [1.165, 1.54) is 6.20 Å². The first-order valence-corrected chi connectivity index (χ1v) is 5.43. The molecule has 1 aromatic carbocycles. The molecule has 0 spiro atoms. The van der Waals surface area contributed by atoms with Gasteiger partial charge in [0.2, 0.25) is 5.91 Å². The van der Waals surface area contributed by atoms with Crippen molar-refractivity contribution in [3.05, 3.63) is 48.2 Å². The van der Waals surface area contributed by atoms with Crippen molar-refractivity contribution in [2.75, 3.05) is 11.1 Å². The van der Waals surface area contributed by atoms with Gasteiger partial charge in [-0.05, 0) is 18.2 Å². The average Bonchev–Trinajstić information content (AvgIpc) is 2.35. The Bertz CT molecular complexity index is 552. The molecule has 0 atom stereocenters. The third-order valence-electron chi connectivity index (χ3n) is 2.40. The van der Waals surface area contributed by atoms with Crippen LogP contribution < -0.4 is 11.1 Å². The Morgan fingerprint density at radius 2 is 2.06 bits per heavy atom. The maximum absolute atomic E-state index is 11.7. The third-order valence-corrected chi connectivity index (χ3v) is 2.40. The molecule has 0 aliphatic rings. The van der Waals surface area contributed by atoms with Gasteiger partial charge in [-0.15, -0.1) is 0 Å². The molecule has 0 aliphatic heterocycles. The molecule has 1 amide bonds. The van der Waals surface area contributed by atoms with E-state index >= 15 is 0 Å². The summed E-state index contributed by atoms with van der Waals surface area (Å²) in [5, 5.41) is 12.2. The summed E-state index contributed by atoms with van der Waals surface area (Å²) in [6.45, 7) is 0. The smallest absolute Gasteiger partial charge is 0.230 e. The molecule has 5 nitrogen and oxygen atoms in total. The summed E-state index contributed by atoms with van der Waals surface area (Å²) in [6, 6.07) is 10.00. The Morgan fingerprint density at radius 1 is 1.28 bits per heavy atom. The fraction of sp³-hybridized carbons (Fsp3) is 0.0769. The summed E-state index contributed by atoms with van der Waals surface area (Å²) >= 11 is 0. The van der Waals surface area contributed by atoms with Crippen LogP contribution in [0, 0.1) is 0 Å². The van der Waals surface area contributed by atoms with Crippen LogP contribution in [0.2, 0.25) is 0 Å². The summed E-state index contributed by atoms with van der Waals surface area (Å²) in [5.41, 5.74) is 6.60. The van der Waals surface area contributed by atoms with Crippen molar-refractivity contribution >= 4 is 17.4 Å². The molecule has 0 radical (unpaired) electrons. The van der Waals surface area contributed by atoms with Crippen molar-refractivity contribution in [2.24, 2.45) is 0 Å². The van der Waals surface area contributed by atoms with Crippen LogP contribution in [0.5, 0.6) is 5.75 Å². The summed E-state index contributed by atoms with van der Waals surface area (Å²) in [5.74, 6) is 0.302. The number of nitrogens with zero attached hydrogens (tertiary/aromatic N) is 1. The van der Waals surface area contributed by atoms with Gasteiger partial charge in [-0.1, -0.05) is 18.2 Å². The first-order chi connectivity index (χ1) is 8.65. The lowest BCUT2D eigenvalue weighted by Crippen LogP contribution is -2.15. The summed E-state index contributed by atoms with van der Waals surface area (Å²) in [6.07, 6.45) is 1.56. The predicted molar refractivity (Wildman–Crippen MR) is 69.1 cm³/mol. The van der Waals surface area contributed by atoms with E-state index in [1.807, 2.05) is 0 Å². The Morgan fingerprint density at radius 3 is 2.72 bits per heavy atom. The van der Waals surface area contributed by atoms with E-state index in [0.717, 1.165) is 0 Å². The minimum absolute atomic E-state index is 0.0960. The Labute approximate surface area is 104 Å². The minimum Gasteiger partial charge on any atom is -0.508 e. The second kappa shape index (κ2) is 5.18. The number of nitrogens with one attached hydrogen (secondary N) is 1. The maximum Gasteiger partial charge on any atom is 0.230 e. The number of pyridine rings is 1. The number of hydrogen-bond acceptors (Lipinski definition) is 4. The first kappa shape index (κ1) is 11.9. The lowest BCUT2D eigenvalue weighted by molar-refractivity contribution is -0.115. The number of aromatic hydroxyl groups is 1. The van der Waals surface area contributed by atoms with Crippen molar-refractivity contribution < 1.29 is 9.90 Å². The largest absolute Gasteiger partial charge is 0.508 e. The van der Waals surface area contributed by atoms with Gasteiger partial charge in [0.15, 0.2) is 0 Å². The lowest BCUT2D eigenvalue weighted by atomic mass is 10.1. The molecule has 18 heavy (non-hydrogen) atoms. The van der Waals surface area contributed by atoms with Gasteiger partial charge in [0.1, 0.15) is 11.6 Å². The monoisotopic (exact) mass is 243 g/mol. The van der Waals surface area contributed by atoms with Crippen molar-refractivity contribution in [2.45, 2.75) is 6.42 Å². The lowest BCUT2D eigenvalue weighted by Gasteiger charge is -2.06.